The lowest BCUT2D eigenvalue weighted by Crippen LogP contribution is -2.28. The van der Waals surface area contributed by atoms with E-state index in [0.717, 1.165) is 49.9 Å². The number of ether oxygens (including phenoxy) is 2. The molecule has 0 amide bonds. The van der Waals surface area contributed by atoms with Gasteiger partial charge in [0.05, 0.1) is 20.8 Å². The van der Waals surface area contributed by atoms with Crippen LogP contribution in [0.1, 0.15) is 17.2 Å². The van der Waals surface area contributed by atoms with Gasteiger partial charge in [-0.15, -0.1) is 0 Å². The Bertz CT molecular complexity index is 864. The van der Waals surface area contributed by atoms with E-state index >= 15 is 0 Å². The lowest BCUT2D eigenvalue weighted by molar-refractivity contribution is 0.352. The van der Waals surface area contributed by atoms with E-state index in [1.54, 1.807) is 14.2 Å². The Morgan fingerprint density at radius 2 is 1.81 bits per heavy atom. The minimum Gasteiger partial charge on any atom is -0.481 e. The van der Waals surface area contributed by atoms with Gasteiger partial charge in [-0.05, 0) is 5.56 Å². The molecular formula is C19H22N6O2. The summed E-state index contributed by atoms with van der Waals surface area (Å²) in [5.74, 6) is 3.16. The quantitative estimate of drug-likeness (QED) is 0.680. The molecule has 0 atom stereocenters. The Hall–Kier alpha value is -3.16. The molecule has 8 heteroatoms. The number of benzene rings is 1. The molecule has 2 aromatic heterocycles. The molecule has 0 radical (unpaired) electrons. The maximum atomic E-state index is 5.25. The van der Waals surface area contributed by atoms with Crippen LogP contribution in [0, 0.1) is 0 Å². The van der Waals surface area contributed by atoms with Crippen LogP contribution >= 0.6 is 0 Å². The molecule has 0 bridgehead atoms. The van der Waals surface area contributed by atoms with Gasteiger partial charge in [0, 0.05) is 32.0 Å². The zero-order valence-corrected chi connectivity index (χ0v) is 15.5. The third kappa shape index (κ3) is 3.84. The topological polar surface area (TPSA) is 78.2 Å². The van der Waals surface area contributed by atoms with E-state index in [0.29, 0.717) is 11.9 Å². The second kappa shape index (κ2) is 7.61. The first-order chi connectivity index (χ1) is 13.2. The summed E-state index contributed by atoms with van der Waals surface area (Å²) in [4.78, 5) is 15.5. The summed E-state index contributed by atoms with van der Waals surface area (Å²) in [6.07, 6.45) is 1.56. The number of methoxy groups -OCH3 is 2. The number of rotatable bonds is 5. The van der Waals surface area contributed by atoms with Gasteiger partial charge in [-0.3, -0.25) is 0 Å². The first kappa shape index (κ1) is 17.3. The molecule has 0 fully saturated rings. The lowest BCUT2D eigenvalue weighted by Gasteiger charge is -2.21. The molecule has 140 valence electrons. The fourth-order valence-corrected chi connectivity index (χ4v) is 3.18. The van der Waals surface area contributed by atoms with Gasteiger partial charge >= 0.3 is 6.01 Å². The average Bonchev–Trinajstić information content (AvgIpc) is 2.98. The molecule has 1 aromatic carbocycles. The van der Waals surface area contributed by atoms with Gasteiger partial charge in [-0.2, -0.15) is 15.1 Å². The van der Waals surface area contributed by atoms with E-state index < -0.39 is 0 Å². The fourth-order valence-electron chi connectivity index (χ4n) is 3.18. The maximum absolute atomic E-state index is 5.25. The molecular weight excluding hydrogens is 344 g/mol. The zero-order chi connectivity index (χ0) is 18.6. The smallest absolute Gasteiger partial charge is 0.321 e. The summed E-state index contributed by atoms with van der Waals surface area (Å²) in [7, 11) is 3.14. The first-order valence-electron chi connectivity index (χ1n) is 8.93. The Labute approximate surface area is 157 Å². The van der Waals surface area contributed by atoms with E-state index in [1.165, 1.54) is 5.56 Å². The molecule has 0 N–H and O–H groups in total. The van der Waals surface area contributed by atoms with Crippen LogP contribution in [0.4, 0.5) is 5.82 Å². The van der Waals surface area contributed by atoms with Crippen molar-refractivity contribution in [2.75, 3.05) is 32.2 Å². The van der Waals surface area contributed by atoms with Crippen LogP contribution in [0.2, 0.25) is 0 Å². The minimum absolute atomic E-state index is 0.301. The molecule has 1 aliphatic heterocycles. The summed E-state index contributed by atoms with van der Waals surface area (Å²) in [5.41, 5.74) is 1.22. The Kier molecular flexibility index (Phi) is 4.86. The molecule has 0 saturated heterocycles. The van der Waals surface area contributed by atoms with Crippen molar-refractivity contribution in [3.05, 3.63) is 53.6 Å². The third-order valence-corrected chi connectivity index (χ3v) is 4.57. The molecule has 8 nitrogen and oxygen atoms in total. The normalized spacial score (nSPS) is 13.8. The number of hydrogen-bond donors (Lipinski definition) is 0. The largest absolute Gasteiger partial charge is 0.481 e. The van der Waals surface area contributed by atoms with E-state index in [2.05, 4.69) is 27.0 Å². The van der Waals surface area contributed by atoms with Crippen LogP contribution in [0.5, 0.6) is 11.9 Å². The average molecular weight is 366 g/mol. The van der Waals surface area contributed by atoms with Gasteiger partial charge in [-0.25, -0.2) is 9.67 Å². The number of hydrogen-bond acceptors (Lipinski definition) is 7. The van der Waals surface area contributed by atoms with Crippen LogP contribution in [0.25, 0.3) is 0 Å². The minimum atomic E-state index is 0.301. The van der Waals surface area contributed by atoms with Crippen LogP contribution in [-0.2, 0) is 19.4 Å². The highest BCUT2D eigenvalue weighted by Gasteiger charge is 2.20. The van der Waals surface area contributed by atoms with E-state index in [-0.39, 0.29) is 0 Å². The van der Waals surface area contributed by atoms with Gasteiger partial charge < -0.3 is 14.4 Å². The van der Waals surface area contributed by atoms with Gasteiger partial charge in [0.2, 0.25) is 5.88 Å². The monoisotopic (exact) mass is 366 g/mol. The summed E-state index contributed by atoms with van der Waals surface area (Å²) in [5, 5.41) is 4.70. The molecule has 4 rings (SSSR count). The van der Waals surface area contributed by atoms with Crippen molar-refractivity contribution < 1.29 is 9.47 Å². The predicted molar refractivity (Wildman–Crippen MR) is 100 cm³/mol. The van der Waals surface area contributed by atoms with E-state index in [1.807, 2.05) is 28.9 Å². The highest BCUT2D eigenvalue weighted by molar-refractivity contribution is 5.43. The lowest BCUT2D eigenvalue weighted by atomic mass is 10.1. The second-order valence-corrected chi connectivity index (χ2v) is 6.32. The van der Waals surface area contributed by atoms with Crippen molar-refractivity contribution in [1.82, 2.24) is 24.7 Å². The molecule has 1 aliphatic rings. The van der Waals surface area contributed by atoms with Crippen molar-refractivity contribution in [3.8, 4) is 11.9 Å². The molecule has 0 aliphatic carbocycles. The number of nitrogens with zero attached hydrogens (tertiary/aromatic N) is 6. The van der Waals surface area contributed by atoms with Crippen molar-refractivity contribution in [2.24, 2.45) is 0 Å². The molecule has 27 heavy (non-hydrogen) atoms. The van der Waals surface area contributed by atoms with Gasteiger partial charge in [0.25, 0.3) is 0 Å². The summed E-state index contributed by atoms with van der Waals surface area (Å²) >= 11 is 0. The number of fused-ring (bicyclic) bond motifs is 1. The van der Waals surface area contributed by atoms with Gasteiger partial charge in [-0.1, -0.05) is 30.3 Å². The van der Waals surface area contributed by atoms with Crippen LogP contribution in [0.15, 0.2) is 36.4 Å². The molecule has 3 heterocycles. The molecule has 0 spiro atoms. The molecule has 0 saturated carbocycles. The maximum Gasteiger partial charge on any atom is 0.321 e. The highest BCUT2D eigenvalue weighted by Crippen LogP contribution is 2.22. The highest BCUT2D eigenvalue weighted by atomic mass is 16.5. The summed E-state index contributed by atoms with van der Waals surface area (Å²) in [6.45, 7) is 2.34. The van der Waals surface area contributed by atoms with Crippen molar-refractivity contribution >= 4 is 5.82 Å². The SMILES string of the molecule is COc1cc(N2CCc3nc(Cc4ccccc4)nn3CC2)nc(OC)n1. The van der Waals surface area contributed by atoms with Crippen LogP contribution in [-0.4, -0.2) is 52.0 Å². The van der Waals surface area contributed by atoms with Crippen molar-refractivity contribution in [1.29, 1.82) is 0 Å². The molecule has 0 unspecified atom stereocenters. The standard InChI is InChI=1S/C19H22N6O2/c1-26-18-13-17(21-19(22-18)27-2)24-9-8-16-20-15(23-25(16)11-10-24)12-14-6-4-3-5-7-14/h3-7,13H,8-12H2,1-2H3. The third-order valence-electron chi connectivity index (χ3n) is 4.57. The predicted octanol–water partition coefficient (Wildman–Crippen LogP) is 1.74. The van der Waals surface area contributed by atoms with Gasteiger partial charge in [0.1, 0.15) is 11.6 Å². The fraction of sp³-hybridized carbons (Fsp3) is 0.368. The summed E-state index contributed by atoms with van der Waals surface area (Å²) in [6, 6.07) is 12.4. The summed E-state index contributed by atoms with van der Waals surface area (Å²) < 4.78 is 12.4. The van der Waals surface area contributed by atoms with Crippen molar-refractivity contribution in [2.45, 2.75) is 19.4 Å². The van der Waals surface area contributed by atoms with Gasteiger partial charge in [0.15, 0.2) is 5.82 Å². The van der Waals surface area contributed by atoms with Crippen molar-refractivity contribution in [3.63, 3.8) is 0 Å². The zero-order valence-electron chi connectivity index (χ0n) is 15.5. The number of aromatic nitrogens is 5. The molecule has 3 aromatic rings. The van der Waals surface area contributed by atoms with Crippen LogP contribution in [0.3, 0.4) is 0 Å². The Balaban J connectivity index is 1.49. The Morgan fingerprint density at radius 1 is 0.963 bits per heavy atom. The van der Waals surface area contributed by atoms with Crippen LogP contribution < -0.4 is 14.4 Å². The first-order valence-corrected chi connectivity index (χ1v) is 8.93. The Morgan fingerprint density at radius 3 is 2.59 bits per heavy atom. The number of anilines is 1. The second-order valence-electron chi connectivity index (χ2n) is 6.32. The van der Waals surface area contributed by atoms with E-state index in [9.17, 15) is 0 Å². The van der Waals surface area contributed by atoms with E-state index in [4.69, 9.17) is 19.6 Å².